The Morgan fingerprint density at radius 3 is 2.45 bits per heavy atom. The zero-order chi connectivity index (χ0) is 15.9. The molecule has 2 aromatic rings. The number of carbonyl (C=O) groups excluding carboxylic acids is 1. The molecule has 2 rings (SSSR count). The molecule has 0 radical (unpaired) electrons. The number of rotatable bonds is 6. The topological polar surface area (TPSA) is 61.4 Å². The second-order valence-corrected chi connectivity index (χ2v) is 5.76. The van der Waals surface area contributed by atoms with Gasteiger partial charge in [0.1, 0.15) is 0 Å². The first-order valence-electron chi connectivity index (χ1n) is 7.05. The largest absolute Gasteiger partial charge is 0.394 e. The summed E-state index contributed by atoms with van der Waals surface area (Å²) in [5.41, 5.74) is 2.68. The predicted octanol–water partition coefficient (Wildman–Crippen LogP) is 2.63. The van der Waals surface area contributed by atoms with Crippen LogP contribution in [0.3, 0.4) is 0 Å². The molecular weight excluding hydrogens is 344 g/mol. The van der Waals surface area contributed by atoms with E-state index in [1.807, 2.05) is 36.4 Å². The lowest BCUT2D eigenvalue weighted by molar-refractivity contribution is 0.0963. The fourth-order valence-electron chi connectivity index (χ4n) is 2.17. The van der Waals surface area contributed by atoms with Crippen LogP contribution in [-0.4, -0.2) is 24.7 Å². The number of carbonyl (C=O) groups is 1. The van der Waals surface area contributed by atoms with Crippen molar-refractivity contribution in [3.05, 3.63) is 69.7 Å². The van der Waals surface area contributed by atoms with Crippen molar-refractivity contribution in [2.45, 2.75) is 12.6 Å². The molecule has 1 amide bonds. The van der Waals surface area contributed by atoms with E-state index in [1.54, 1.807) is 19.2 Å². The summed E-state index contributed by atoms with van der Waals surface area (Å²) in [5, 5.41) is 15.5. The van der Waals surface area contributed by atoms with E-state index in [9.17, 15) is 9.90 Å². The Kier molecular flexibility index (Phi) is 6.12. The van der Waals surface area contributed by atoms with Crippen LogP contribution >= 0.6 is 15.9 Å². The number of nitrogens with one attached hydrogen (secondary N) is 2. The maximum Gasteiger partial charge on any atom is 0.251 e. The lowest BCUT2D eigenvalue weighted by Gasteiger charge is -2.17. The Labute approximate surface area is 138 Å². The average Bonchev–Trinajstić information content (AvgIpc) is 2.56. The summed E-state index contributed by atoms with van der Waals surface area (Å²) in [4.78, 5) is 11.5. The number of hydrogen-bond donors (Lipinski definition) is 3. The fraction of sp³-hybridized carbons (Fsp3) is 0.235. The second kappa shape index (κ2) is 8.08. The molecule has 22 heavy (non-hydrogen) atoms. The van der Waals surface area contributed by atoms with E-state index < -0.39 is 0 Å². The van der Waals surface area contributed by atoms with Crippen LogP contribution in [0.5, 0.6) is 0 Å². The number of amides is 1. The molecule has 0 heterocycles. The van der Waals surface area contributed by atoms with E-state index in [0.29, 0.717) is 12.1 Å². The SMILES string of the molecule is CNC(=O)c1ccc(C(CO)NCc2ccccc2Br)cc1. The normalized spacial score (nSPS) is 12.0. The molecule has 0 aliphatic heterocycles. The Morgan fingerprint density at radius 2 is 1.86 bits per heavy atom. The first-order chi connectivity index (χ1) is 10.7. The van der Waals surface area contributed by atoms with Gasteiger partial charge in [0.25, 0.3) is 5.91 Å². The third-order valence-corrected chi connectivity index (χ3v) is 4.26. The smallest absolute Gasteiger partial charge is 0.251 e. The van der Waals surface area contributed by atoms with Gasteiger partial charge in [-0.2, -0.15) is 0 Å². The minimum absolute atomic E-state index is 0.0101. The molecule has 1 atom stereocenters. The fourth-order valence-corrected chi connectivity index (χ4v) is 2.60. The van der Waals surface area contributed by atoms with Crippen molar-refractivity contribution in [3.8, 4) is 0 Å². The van der Waals surface area contributed by atoms with Crippen LogP contribution in [0, 0.1) is 0 Å². The highest BCUT2D eigenvalue weighted by atomic mass is 79.9. The standard InChI is InChI=1S/C17H19BrN2O2/c1-19-17(22)13-8-6-12(7-9-13)16(11-21)20-10-14-4-2-3-5-15(14)18/h2-9,16,20-21H,10-11H2,1H3,(H,19,22). The maximum absolute atomic E-state index is 11.5. The summed E-state index contributed by atoms with van der Waals surface area (Å²) in [6.07, 6.45) is 0. The average molecular weight is 363 g/mol. The Balaban J connectivity index is 2.05. The third-order valence-electron chi connectivity index (χ3n) is 3.48. The number of aliphatic hydroxyl groups excluding tert-OH is 1. The van der Waals surface area contributed by atoms with Gasteiger partial charge in [0.05, 0.1) is 12.6 Å². The third kappa shape index (κ3) is 4.16. The van der Waals surface area contributed by atoms with Crippen molar-refractivity contribution in [3.63, 3.8) is 0 Å². The molecule has 0 bridgehead atoms. The first kappa shape index (κ1) is 16.7. The maximum atomic E-state index is 11.5. The molecule has 0 aliphatic rings. The highest BCUT2D eigenvalue weighted by Gasteiger charge is 2.11. The van der Waals surface area contributed by atoms with Gasteiger partial charge in [0.15, 0.2) is 0 Å². The summed E-state index contributed by atoms with van der Waals surface area (Å²) < 4.78 is 1.04. The van der Waals surface area contributed by atoms with E-state index in [2.05, 4.69) is 26.6 Å². The van der Waals surface area contributed by atoms with Gasteiger partial charge in [-0.05, 0) is 29.3 Å². The van der Waals surface area contributed by atoms with Crippen molar-refractivity contribution >= 4 is 21.8 Å². The molecule has 4 nitrogen and oxygen atoms in total. The van der Waals surface area contributed by atoms with E-state index >= 15 is 0 Å². The minimum Gasteiger partial charge on any atom is -0.394 e. The van der Waals surface area contributed by atoms with E-state index in [4.69, 9.17) is 0 Å². The summed E-state index contributed by atoms with van der Waals surface area (Å²) in [6.45, 7) is 0.633. The summed E-state index contributed by atoms with van der Waals surface area (Å²) in [6, 6.07) is 15.0. The van der Waals surface area contributed by atoms with Crippen LogP contribution in [0.2, 0.25) is 0 Å². The summed E-state index contributed by atoms with van der Waals surface area (Å²) >= 11 is 3.51. The van der Waals surface area contributed by atoms with E-state index in [-0.39, 0.29) is 18.6 Å². The van der Waals surface area contributed by atoms with Gasteiger partial charge in [-0.1, -0.05) is 46.3 Å². The number of hydrogen-bond acceptors (Lipinski definition) is 3. The van der Waals surface area contributed by atoms with Crippen LogP contribution in [0.4, 0.5) is 0 Å². The van der Waals surface area contributed by atoms with Crippen LogP contribution < -0.4 is 10.6 Å². The van der Waals surface area contributed by atoms with Crippen molar-refractivity contribution in [2.75, 3.05) is 13.7 Å². The van der Waals surface area contributed by atoms with Gasteiger partial charge < -0.3 is 15.7 Å². The Morgan fingerprint density at radius 1 is 1.18 bits per heavy atom. The second-order valence-electron chi connectivity index (χ2n) is 4.91. The van der Waals surface area contributed by atoms with E-state index in [0.717, 1.165) is 15.6 Å². The quantitative estimate of drug-likeness (QED) is 0.740. The molecule has 0 aliphatic carbocycles. The van der Waals surface area contributed by atoms with Gasteiger partial charge >= 0.3 is 0 Å². The molecular formula is C17H19BrN2O2. The molecule has 1 unspecified atom stereocenters. The monoisotopic (exact) mass is 362 g/mol. The molecule has 116 valence electrons. The molecule has 0 saturated heterocycles. The molecule has 0 spiro atoms. The highest BCUT2D eigenvalue weighted by molar-refractivity contribution is 9.10. The van der Waals surface area contributed by atoms with E-state index in [1.165, 1.54) is 0 Å². The van der Waals surface area contributed by atoms with Crippen LogP contribution in [0.1, 0.15) is 27.5 Å². The predicted molar refractivity (Wildman–Crippen MR) is 90.6 cm³/mol. The lowest BCUT2D eigenvalue weighted by atomic mass is 10.0. The number of halogens is 1. The lowest BCUT2D eigenvalue weighted by Crippen LogP contribution is -2.24. The molecule has 0 saturated carbocycles. The molecule has 3 N–H and O–H groups in total. The number of aliphatic hydroxyl groups is 1. The van der Waals surface area contributed by atoms with Gasteiger partial charge in [-0.15, -0.1) is 0 Å². The Bertz CT molecular complexity index is 629. The minimum atomic E-state index is -0.175. The van der Waals surface area contributed by atoms with Gasteiger partial charge in [-0.3, -0.25) is 4.79 Å². The van der Waals surface area contributed by atoms with Crippen molar-refractivity contribution in [2.24, 2.45) is 0 Å². The van der Waals surface area contributed by atoms with Gasteiger partial charge in [0, 0.05) is 23.6 Å². The van der Waals surface area contributed by atoms with Crippen LogP contribution in [0.15, 0.2) is 53.0 Å². The van der Waals surface area contributed by atoms with Gasteiger partial charge in [-0.25, -0.2) is 0 Å². The summed E-state index contributed by atoms with van der Waals surface area (Å²) in [5.74, 6) is -0.117. The zero-order valence-corrected chi connectivity index (χ0v) is 13.9. The first-order valence-corrected chi connectivity index (χ1v) is 7.84. The van der Waals surface area contributed by atoms with Crippen molar-refractivity contribution < 1.29 is 9.90 Å². The number of benzene rings is 2. The summed E-state index contributed by atoms with van der Waals surface area (Å²) in [7, 11) is 1.60. The Hall–Kier alpha value is -1.69. The van der Waals surface area contributed by atoms with Crippen molar-refractivity contribution in [1.29, 1.82) is 0 Å². The van der Waals surface area contributed by atoms with Crippen LogP contribution in [-0.2, 0) is 6.54 Å². The van der Waals surface area contributed by atoms with Crippen molar-refractivity contribution in [1.82, 2.24) is 10.6 Å². The zero-order valence-electron chi connectivity index (χ0n) is 12.3. The molecule has 2 aromatic carbocycles. The molecule has 0 fully saturated rings. The highest BCUT2D eigenvalue weighted by Crippen LogP contribution is 2.18. The van der Waals surface area contributed by atoms with Crippen LogP contribution in [0.25, 0.3) is 0 Å². The molecule has 0 aromatic heterocycles. The van der Waals surface area contributed by atoms with Gasteiger partial charge in [0.2, 0.25) is 0 Å². The molecule has 5 heteroatoms.